The largest absolute Gasteiger partial charge is 0.485 e. The summed E-state index contributed by atoms with van der Waals surface area (Å²) in [5, 5.41) is 0.904. The molecule has 2 aromatic rings. The van der Waals surface area contributed by atoms with Gasteiger partial charge < -0.3 is 19.4 Å². The van der Waals surface area contributed by atoms with Crippen LogP contribution in [0, 0.1) is 0 Å². The fraction of sp³-hybridized carbons (Fsp3) is 0.524. The van der Waals surface area contributed by atoms with Gasteiger partial charge in [0.05, 0.1) is 18.0 Å². The summed E-state index contributed by atoms with van der Waals surface area (Å²) < 4.78 is 26.4. The topological polar surface area (TPSA) is 67.5 Å². The zero-order valence-electron chi connectivity index (χ0n) is 16.1. The Bertz CT molecular complexity index is 868. The average Bonchev–Trinajstić information content (AvgIpc) is 3.14. The summed E-state index contributed by atoms with van der Waals surface area (Å²) in [5.41, 5.74) is 1.87. The van der Waals surface area contributed by atoms with Crippen LogP contribution in [-0.2, 0) is 9.53 Å². The van der Waals surface area contributed by atoms with E-state index in [1.165, 1.54) is 6.08 Å². The summed E-state index contributed by atoms with van der Waals surface area (Å²) in [6.45, 7) is 6.92. The highest BCUT2D eigenvalue weighted by molar-refractivity contribution is 5.87. The molecule has 0 radical (unpaired) electrons. The summed E-state index contributed by atoms with van der Waals surface area (Å²) in [7, 11) is 0. The van der Waals surface area contributed by atoms with Gasteiger partial charge in [-0.3, -0.25) is 4.79 Å². The molecule has 0 spiro atoms. The molecule has 4 rings (SSSR count). The van der Waals surface area contributed by atoms with Gasteiger partial charge in [0.2, 0.25) is 5.91 Å². The quantitative estimate of drug-likeness (QED) is 0.817. The number of aromatic nitrogens is 2. The second-order valence-electron chi connectivity index (χ2n) is 7.63. The van der Waals surface area contributed by atoms with Gasteiger partial charge in [-0.25, -0.2) is 9.37 Å². The number of aromatic amines is 1. The molecule has 0 saturated carbocycles. The Labute approximate surface area is 163 Å². The molecule has 28 heavy (non-hydrogen) atoms. The van der Waals surface area contributed by atoms with Crippen molar-refractivity contribution in [1.82, 2.24) is 14.9 Å². The molecule has 2 saturated heterocycles. The van der Waals surface area contributed by atoms with Gasteiger partial charge in [-0.2, -0.15) is 0 Å². The number of rotatable bonds is 4. The van der Waals surface area contributed by atoms with E-state index in [1.807, 2.05) is 6.20 Å². The number of fused-ring (bicyclic) bond motifs is 1. The van der Waals surface area contributed by atoms with Gasteiger partial charge in [0.15, 0.2) is 0 Å². The minimum Gasteiger partial charge on any atom is -0.485 e. The Kier molecular flexibility index (Phi) is 5.35. The number of halogens is 1. The molecule has 2 fully saturated rings. The van der Waals surface area contributed by atoms with Gasteiger partial charge >= 0.3 is 0 Å². The summed E-state index contributed by atoms with van der Waals surface area (Å²) in [5.74, 6) is 0.760. The smallest absolute Gasteiger partial charge is 0.246 e. The van der Waals surface area contributed by atoms with E-state index < -0.39 is 12.3 Å². The third-order valence-corrected chi connectivity index (χ3v) is 5.73. The van der Waals surface area contributed by atoms with Crippen molar-refractivity contribution in [2.45, 2.75) is 50.5 Å². The zero-order valence-corrected chi connectivity index (χ0v) is 16.1. The highest BCUT2D eigenvalue weighted by Gasteiger charge is 2.33. The van der Waals surface area contributed by atoms with Gasteiger partial charge in [-0.15, -0.1) is 0 Å². The second kappa shape index (κ2) is 7.91. The fourth-order valence-electron chi connectivity index (χ4n) is 4.24. The Morgan fingerprint density at radius 1 is 1.50 bits per heavy atom. The maximum Gasteiger partial charge on any atom is 0.246 e. The van der Waals surface area contributed by atoms with E-state index in [9.17, 15) is 9.18 Å². The number of amides is 1. The normalized spacial score (nSPS) is 28.3. The fourth-order valence-corrected chi connectivity index (χ4v) is 4.24. The number of nitrogens with zero attached hydrogens (tertiary/aromatic N) is 2. The molecule has 7 heteroatoms. The first-order valence-electron chi connectivity index (χ1n) is 9.86. The van der Waals surface area contributed by atoms with E-state index in [1.54, 1.807) is 17.2 Å². The van der Waals surface area contributed by atoms with Crippen LogP contribution >= 0.6 is 0 Å². The number of ether oxygens (including phenoxy) is 2. The molecule has 0 bridgehead atoms. The van der Waals surface area contributed by atoms with Gasteiger partial charge in [0, 0.05) is 25.5 Å². The number of H-pyrrole nitrogens is 1. The van der Waals surface area contributed by atoms with Crippen LogP contribution in [0.2, 0.25) is 0 Å². The van der Waals surface area contributed by atoms with Crippen LogP contribution in [0.1, 0.15) is 37.7 Å². The second-order valence-corrected chi connectivity index (χ2v) is 7.63. The van der Waals surface area contributed by atoms with Crippen LogP contribution in [0.15, 0.2) is 31.1 Å². The van der Waals surface area contributed by atoms with Crippen molar-refractivity contribution in [2.24, 2.45) is 0 Å². The van der Waals surface area contributed by atoms with Gasteiger partial charge in [-0.1, -0.05) is 6.58 Å². The summed E-state index contributed by atoms with van der Waals surface area (Å²) in [6.07, 6.45) is 5.40. The first-order valence-corrected chi connectivity index (χ1v) is 9.86. The first-order chi connectivity index (χ1) is 13.6. The highest BCUT2D eigenvalue weighted by atomic mass is 19.1. The molecule has 4 heterocycles. The van der Waals surface area contributed by atoms with Crippen LogP contribution < -0.4 is 4.74 Å². The number of hydrogen-bond acceptors (Lipinski definition) is 4. The maximum absolute atomic E-state index is 14.6. The third-order valence-electron chi connectivity index (χ3n) is 5.73. The van der Waals surface area contributed by atoms with Gasteiger partial charge in [-0.05, 0) is 49.8 Å². The van der Waals surface area contributed by atoms with E-state index >= 15 is 0 Å². The lowest BCUT2D eigenvalue weighted by Crippen LogP contribution is -2.49. The Morgan fingerprint density at radius 2 is 2.36 bits per heavy atom. The number of hydrogen-bond donors (Lipinski definition) is 1. The molecule has 2 unspecified atom stereocenters. The van der Waals surface area contributed by atoms with Crippen LogP contribution in [0.3, 0.4) is 0 Å². The standard InChI is InChI=1S/C21H26FN3O3/c1-3-19(26)25-8-5-16(22)18(12-25)28-17-4-7-23-21-20(17)15(11-24-21)14-6-9-27-13(2)10-14/h3-4,7,11,13-14,16,18H,1,5-6,8-10,12H2,2H3,(H,23,24)/t13?,14?,16-,18+/m1/s1. The molecule has 0 aromatic carbocycles. The lowest BCUT2D eigenvalue weighted by Gasteiger charge is -2.34. The van der Waals surface area contributed by atoms with E-state index in [0.717, 1.165) is 36.0 Å². The van der Waals surface area contributed by atoms with Crippen molar-refractivity contribution >= 4 is 16.9 Å². The van der Waals surface area contributed by atoms with Crippen molar-refractivity contribution in [3.05, 3.63) is 36.7 Å². The SMILES string of the molecule is C=CC(=O)N1CC[C@@H](F)[C@@H](Oc2ccnc3[nH]cc(C4CCOC(C)C4)c23)C1. The van der Waals surface area contributed by atoms with E-state index in [0.29, 0.717) is 18.2 Å². The molecule has 2 aliphatic rings. The van der Waals surface area contributed by atoms with Crippen molar-refractivity contribution in [2.75, 3.05) is 19.7 Å². The van der Waals surface area contributed by atoms with E-state index in [4.69, 9.17) is 9.47 Å². The van der Waals surface area contributed by atoms with Gasteiger partial charge in [0.25, 0.3) is 0 Å². The Hall–Kier alpha value is -2.41. The number of carbonyl (C=O) groups excluding carboxylic acids is 1. The lowest BCUT2D eigenvalue weighted by atomic mass is 9.89. The summed E-state index contributed by atoms with van der Waals surface area (Å²) in [6, 6.07) is 1.78. The van der Waals surface area contributed by atoms with Crippen molar-refractivity contribution in [3.8, 4) is 5.75 Å². The number of piperidine rings is 1. The van der Waals surface area contributed by atoms with E-state index in [-0.39, 0.29) is 25.0 Å². The number of alkyl halides is 1. The van der Waals surface area contributed by atoms with E-state index in [2.05, 4.69) is 23.5 Å². The summed E-state index contributed by atoms with van der Waals surface area (Å²) >= 11 is 0. The lowest BCUT2D eigenvalue weighted by molar-refractivity contribution is -0.130. The third kappa shape index (κ3) is 3.63. The van der Waals surface area contributed by atoms with Crippen molar-refractivity contribution in [1.29, 1.82) is 0 Å². The number of carbonyl (C=O) groups is 1. The number of likely N-dealkylation sites (tertiary alicyclic amines) is 1. The monoisotopic (exact) mass is 387 g/mol. The van der Waals surface area contributed by atoms with Crippen LogP contribution in [0.5, 0.6) is 5.75 Å². The van der Waals surface area contributed by atoms with Crippen molar-refractivity contribution < 1.29 is 18.7 Å². The molecule has 1 amide bonds. The molecule has 4 atom stereocenters. The number of pyridine rings is 1. The molecule has 6 nitrogen and oxygen atoms in total. The van der Waals surface area contributed by atoms with Crippen LogP contribution in [-0.4, -0.2) is 58.9 Å². The molecule has 2 aliphatic heterocycles. The molecular weight excluding hydrogens is 361 g/mol. The zero-order chi connectivity index (χ0) is 19.7. The summed E-state index contributed by atoms with van der Waals surface area (Å²) in [4.78, 5) is 21.2. The minimum absolute atomic E-state index is 0.195. The maximum atomic E-state index is 14.6. The Balaban J connectivity index is 1.62. The van der Waals surface area contributed by atoms with Crippen LogP contribution in [0.4, 0.5) is 4.39 Å². The van der Waals surface area contributed by atoms with Crippen molar-refractivity contribution in [3.63, 3.8) is 0 Å². The predicted octanol–water partition coefficient (Wildman–Crippen LogP) is 3.35. The predicted molar refractivity (Wildman–Crippen MR) is 104 cm³/mol. The molecular formula is C21H26FN3O3. The molecule has 2 aromatic heterocycles. The average molecular weight is 387 g/mol. The van der Waals surface area contributed by atoms with Gasteiger partial charge in [0.1, 0.15) is 23.7 Å². The molecule has 1 N–H and O–H groups in total. The molecule has 150 valence electrons. The van der Waals surface area contributed by atoms with Crippen LogP contribution in [0.25, 0.3) is 11.0 Å². The first kappa shape index (κ1) is 18.9. The molecule has 0 aliphatic carbocycles. The number of nitrogens with one attached hydrogen (secondary N) is 1. The highest BCUT2D eigenvalue weighted by Crippen LogP contribution is 2.38. The minimum atomic E-state index is -1.12. The Morgan fingerprint density at radius 3 is 3.14 bits per heavy atom.